The van der Waals surface area contributed by atoms with Gasteiger partial charge in [0.05, 0.1) is 5.92 Å². The van der Waals surface area contributed by atoms with Crippen LogP contribution in [0.4, 0.5) is 0 Å². The molecule has 1 saturated heterocycles. The molecule has 0 aliphatic carbocycles. The van der Waals surface area contributed by atoms with Crippen molar-refractivity contribution in [2.24, 2.45) is 5.92 Å². The molecule has 1 aromatic heterocycles. The third-order valence-corrected chi connectivity index (χ3v) is 3.73. The molecule has 0 bridgehead atoms. The molecule has 1 aliphatic rings. The van der Waals surface area contributed by atoms with Crippen molar-refractivity contribution < 1.29 is 19.1 Å². The molecule has 104 valence electrons. The highest BCUT2D eigenvalue weighted by molar-refractivity contribution is 5.93. The maximum absolute atomic E-state index is 12.5. The number of likely N-dealkylation sites (tertiary alicyclic amines) is 1. The zero-order valence-corrected chi connectivity index (χ0v) is 11.5. The number of furan rings is 1. The Kier molecular flexibility index (Phi) is 3.64. The smallest absolute Gasteiger partial charge is 0.308 e. The lowest BCUT2D eigenvalue weighted by Gasteiger charge is -2.36. The Hall–Kier alpha value is -1.78. The normalized spacial score (nSPS) is 23.4. The van der Waals surface area contributed by atoms with Crippen LogP contribution in [0.2, 0.25) is 0 Å². The lowest BCUT2D eigenvalue weighted by Crippen LogP contribution is -2.47. The van der Waals surface area contributed by atoms with Crippen LogP contribution in [-0.2, 0) is 4.79 Å². The number of piperidine rings is 1. The number of amides is 1. The molecule has 2 unspecified atom stereocenters. The summed E-state index contributed by atoms with van der Waals surface area (Å²) in [6.45, 7) is 5.83. The van der Waals surface area contributed by atoms with Crippen LogP contribution in [0.15, 0.2) is 10.5 Å². The number of hydrogen-bond donors (Lipinski definition) is 1. The van der Waals surface area contributed by atoms with Gasteiger partial charge in [0.25, 0.3) is 5.91 Å². The van der Waals surface area contributed by atoms with Gasteiger partial charge in [-0.05, 0) is 39.7 Å². The summed E-state index contributed by atoms with van der Waals surface area (Å²) in [5.74, 6) is -0.492. The number of aryl methyl sites for hydroxylation is 2. The van der Waals surface area contributed by atoms with E-state index < -0.39 is 11.9 Å². The molecule has 1 amide bonds. The molecule has 0 aromatic carbocycles. The third kappa shape index (κ3) is 2.64. The Balaban J connectivity index is 2.21. The molecule has 2 rings (SSSR count). The van der Waals surface area contributed by atoms with Crippen molar-refractivity contribution in [1.82, 2.24) is 4.90 Å². The summed E-state index contributed by atoms with van der Waals surface area (Å²) >= 11 is 0. The Morgan fingerprint density at radius 1 is 1.37 bits per heavy atom. The van der Waals surface area contributed by atoms with Crippen LogP contribution in [0.25, 0.3) is 0 Å². The minimum atomic E-state index is -0.836. The second-order valence-corrected chi connectivity index (χ2v) is 5.29. The van der Waals surface area contributed by atoms with Crippen molar-refractivity contribution >= 4 is 11.9 Å². The fourth-order valence-electron chi connectivity index (χ4n) is 2.58. The number of hydrogen-bond acceptors (Lipinski definition) is 3. The molecule has 19 heavy (non-hydrogen) atoms. The van der Waals surface area contributed by atoms with E-state index in [-0.39, 0.29) is 18.5 Å². The van der Waals surface area contributed by atoms with E-state index in [1.54, 1.807) is 11.8 Å². The van der Waals surface area contributed by atoms with Crippen molar-refractivity contribution in [3.63, 3.8) is 0 Å². The van der Waals surface area contributed by atoms with Crippen molar-refractivity contribution in [3.8, 4) is 0 Å². The summed E-state index contributed by atoms with van der Waals surface area (Å²) < 4.78 is 5.43. The Morgan fingerprint density at radius 2 is 2.05 bits per heavy atom. The van der Waals surface area contributed by atoms with Gasteiger partial charge in [0.1, 0.15) is 5.76 Å². The topological polar surface area (TPSA) is 70.8 Å². The zero-order valence-electron chi connectivity index (χ0n) is 11.5. The van der Waals surface area contributed by atoms with Crippen LogP contribution in [0.5, 0.6) is 0 Å². The maximum Gasteiger partial charge on any atom is 0.308 e. The van der Waals surface area contributed by atoms with Gasteiger partial charge in [-0.2, -0.15) is 0 Å². The molecule has 5 nitrogen and oxygen atoms in total. The van der Waals surface area contributed by atoms with Crippen LogP contribution in [0.3, 0.4) is 0 Å². The monoisotopic (exact) mass is 265 g/mol. The predicted octanol–water partition coefficient (Wildman–Crippen LogP) is 2.22. The highest BCUT2D eigenvalue weighted by Gasteiger charge is 2.34. The number of carboxylic acids is 1. The fraction of sp³-hybridized carbons (Fsp3) is 0.571. The lowest BCUT2D eigenvalue weighted by atomic mass is 9.93. The molecule has 0 spiro atoms. The molecule has 1 N–H and O–H groups in total. The van der Waals surface area contributed by atoms with Crippen LogP contribution in [0, 0.1) is 19.8 Å². The van der Waals surface area contributed by atoms with E-state index in [0.717, 1.165) is 5.56 Å². The van der Waals surface area contributed by atoms with Gasteiger partial charge in [0, 0.05) is 18.2 Å². The Bertz CT molecular complexity index is 506. The molecule has 1 fully saturated rings. The highest BCUT2D eigenvalue weighted by atomic mass is 16.4. The van der Waals surface area contributed by atoms with Gasteiger partial charge in [-0.1, -0.05) is 0 Å². The maximum atomic E-state index is 12.5. The van der Waals surface area contributed by atoms with Crippen molar-refractivity contribution in [1.29, 1.82) is 0 Å². The van der Waals surface area contributed by atoms with Gasteiger partial charge in [0.15, 0.2) is 5.76 Å². The van der Waals surface area contributed by atoms with E-state index in [1.807, 2.05) is 19.9 Å². The van der Waals surface area contributed by atoms with Crippen LogP contribution < -0.4 is 0 Å². The van der Waals surface area contributed by atoms with E-state index in [0.29, 0.717) is 24.4 Å². The number of carboxylic acid groups (broad SMARTS) is 1. The standard InChI is InChI=1S/C14H19NO4/c1-8-6-10(3)19-12(8)13(16)15-7-11(14(17)18)5-4-9(15)2/h6,9,11H,4-5,7H2,1-3H3,(H,17,18). The minimum Gasteiger partial charge on any atom is -0.481 e. The largest absolute Gasteiger partial charge is 0.481 e. The summed E-state index contributed by atoms with van der Waals surface area (Å²) in [5.41, 5.74) is 0.798. The Labute approximate surface area is 112 Å². The zero-order chi connectivity index (χ0) is 14.2. The van der Waals surface area contributed by atoms with E-state index in [4.69, 9.17) is 9.52 Å². The number of carbonyl (C=O) groups excluding carboxylic acids is 1. The molecule has 5 heteroatoms. The van der Waals surface area contributed by atoms with Gasteiger partial charge >= 0.3 is 5.97 Å². The van der Waals surface area contributed by atoms with Crippen LogP contribution in [0.1, 0.15) is 41.6 Å². The van der Waals surface area contributed by atoms with Crippen molar-refractivity contribution in [2.75, 3.05) is 6.54 Å². The van der Waals surface area contributed by atoms with E-state index in [1.165, 1.54) is 0 Å². The lowest BCUT2D eigenvalue weighted by molar-refractivity contribution is -0.143. The second-order valence-electron chi connectivity index (χ2n) is 5.29. The molecule has 2 atom stereocenters. The molecule has 1 aromatic rings. The average molecular weight is 265 g/mol. The third-order valence-electron chi connectivity index (χ3n) is 3.73. The molecule has 0 radical (unpaired) electrons. The first-order chi connectivity index (χ1) is 8.90. The minimum absolute atomic E-state index is 0.0490. The summed E-state index contributed by atoms with van der Waals surface area (Å²) in [6, 6.07) is 1.86. The molecular weight excluding hydrogens is 246 g/mol. The number of carbonyl (C=O) groups is 2. The molecular formula is C14H19NO4. The van der Waals surface area contributed by atoms with E-state index in [2.05, 4.69) is 0 Å². The highest BCUT2D eigenvalue weighted by Crippen LogP contribution is 2.25. The van der Waals surface area contributed by atoms with Gasteiger partial charge < -0.3 is 14.4 Å². The number of rotatable bonds is 2. The van der Waals surface area contributed by atoms with Gasteiger partial charge in [-0.15, -0.1) is 0 Å². The van der Waals surface area contributed by atoms with Crippen LogP contribution >= 0.6 is 0 Å². The molecule has 0 saturated carbocycles. The van der Waals surface area contributed by atoms with Crippen molar-refractivity contribution in [3.05, 3.63) is 23.2 Å². The average Bonchev–Trinajstić information content (AvgIpc) is 2.68. The van der Waals surface area contributed by atoms with Gasteiger partial charge in [-0.25, -0.2) is 0 Å². The SMILES string of the molecule is Cc1cc(C)c(C(=O)N2CC(C(=O)O)CCC2C)o1. The summed E-state index contributed by atoms with van der Waals surface area (Å²) in [5, 5.41) is 9.09. The molecule has 1 aliphatic heterocycles. The summed E-state index contributed by atoms with van der Waals surface area (Å²) in [6.07, 6.45) is 1.33. The Morgan fingerprint density at radius 3 is 2.58 bits per heavy atom. The van der Waals surface area contributed by atoms with Gasteiger partial charge in [0.2, 0.25) is 0 Å². The number of aliphatic carboxylic acids is 1. The number of nitrogens with zero attached hydrogens (tertiary/aromatic N) is 1. The van der Waals surface area contributed by atoms with Gasteiger partial charge in [-0.3, -0.25) is 9.59 Å². The van der Waals surface area contributed by atoms with E-state index >= 15 is 0 Å². The first kappa shape index (κ1) is 13.6. The first-order valence-electron chi connectivity index (χ1n) is 6.51. The van der Waals surface area contributed by atoms with Crippen molar-refractivity contribution in [2.45, 2.75) is 39.7 Å². The summed E-state index contributed by atoms with van der Waals surface area (Å²) in [7, 11) is 0. The fourth-order valence-corrected chi connectivity index (χ4v) is 2.58. The summed E-state index contributed by atoms with van der Waals surface area (Å²) in [4.78, 5) is 25.1. The van der Waals surface area contributed by atoms with Crippen LogP contribution in [-0.4, -0.2) is 34.5 Å². The second kappa shape index (κ2) is 5.07. The predicted molar refractivity (Wildman–Crippen MR) is 69.0 cm³/mol. The quantitative estimate of drug-likeness (QED) is 0.890. The van der Waals surface area contributed by atoms with E-state index in [9.17, 15) is 9.59 Å². The molecule has 2 heterocycles. The first-order valence-corrected chi connectivity index (χ1v) is 6.51.